The first kappa shape index (κ1) is 31.3. The number of benzene rings is 7. The molecule has 0 saturated heterocycles. The highest BCUT2D eigenvalue weighted by molar-refractivity contribution is 7.26. The van der Waals surface area contributed by atoms with Crippen molar-refractivity contribution in [3.8, 4) is 21.7 Å². The number of rotatable bonds is 6. The molecule has 53 heavy (non-hydrogen) atoms. The third-order valence-corrected chi connectivity index (χ3v) is 11.9. The van der Waals surface area contributed by atoms with Crippen molar-refractivity contribution in [3.63, 3.8) is 0 Å². The van der Waals surface area contributed by atoms with Crippen LogP contribution in [0.25, 0.3) is 74.0 Å². The molecule has 7 aromatic carbocycles. The van der Waals surface area contributed by atoms with Crippen molar-refractivity contribution in [1.29, 1.82) is 0 Å². The third kappa shape index (κ3) is 5.67. The Kier molecular flexibility index (Phi) is 7.67. The maximum Gasteiger partial charge on any atom is 0.157 e. The van der Waals surface area contributed by atoms with E-state index in [0.717, 1.165) is 60.3 Å². The largest absolute Gasteiger partial charge is 0.456 e. The lowest BCUT2D eigenvalue weighted by atomic mass is 10.0. The smallest absolute Gasteiger partial charge is 0.157 e. The van der Waals surface area contributed by atoms with Gasteiger partial charge in [0.05, 0.1) is 16.8 Å². The minimum absolute atomic E-state index is 0.390. The standard InChI is InChI=1S/C46H30N4OS2/c47-44(35-21-11-23-39-42(35)34-18-7-8-22-38(34)51-39)50-45(29-13-3-1-4-14-29)48-27-28-12-9-17-31(24-28)32-19-10-20-33-36-25-41-37(26-40(36)52-43(32)33)49-46(53-41)30-15-5-2-6-16-30/h1-26H,27H2,(H2,47,48,50). The van der Waals surface area contributed by atoms with E-state index in [1.807, 2.05) is 84.1 Å². The third-order valence-electron chi connectivity index (χ3n) is 9.61. The lowest BCUT2D eigenvalue weighted by Gasteiger charge is -2.08. The van der Waals surface area contributed by atoms with Gasteiger partial charge >= 0.3 is 0 Å². The van der Waals surface area contributed by atoms with Gasteiger partial charge in [0.25, 0.3) is 0 Å². The van der Waals surface area contributed by atoms with Crippen LogP contribution in [0.3, 0.4) is 0 Å². The van der Waals surface area contributed by atoms with Crippen LogP contribution >= 0.6 is 22.7 Å². The number of nitrogens with two attached hydrogens (primary N) is 1. The molecule has 0 amide bonds. The molecule has 0 aliphatic heterocycles. The van der Waals surface area contributed by atoms with Gasteiger partial charge in [-0.25, -0.2) is 9.98 Å². The lowest BCUT2D eigenvalue weighted by Crippen LogP contribution is -2.16. The molecule has 7 heteroatoms. The van der Waals surface area contributed by atoms with Crippen molar-refractivity contribution in [2.45, 2.75) is 6.54 Å². The predicted molar refractivity (Wildman–Crippen MR) is 225 cm³/mol. The van der Waals surface area contributed by atoms with E-state index in [4.69, 9.17) is 25.1 Å². The molecule has 10 aromatic rings. The molecule has 3 aromatic heterocycles. The maximum absolute atomic E-state index is 6.79. The molecule has 10 rings (SSSR count). The summed E-state index contributed by atoms with van der Waals surface area (Å²) < 4.78 is 9.84. The molecule has 252 valence electrons. The monoisotopic (exact) mass is 718 g/mol. The number of aromatic nitrogens is 1. The summed E-state index contributed by atoms with van der Waals surface area (Å²) in [6.45, 7) is 0.446. The second-order valence-electron chi connectivity index (χ2n) is 13.0. The Labute approximate surface area is 313 Å². The van der Waals surface area contributed by atoms with Gasteiger partial charge in [-0.15, -0.1) is 22.7 Å². The van der Waals surface area contributed by atoms with Crippen molar-refractivity contribution in [1.82, 2.24) is 4.98 Å². The highest BCUT2D eigenvalue weighted by Crippen LogP contribution is 2.43. The van der Waals surface area contributed by atoms with Gasteiger partial charge in [0.15, 0.2) is 5.84 Å². The van der Waals surface area contributed by atoms with E-state index in [0.29, 0.717) is 18.2 Å². The number of fused-ring (bicyclic) bond motifs is 7. The number of hydrogen-bond acceptors (Lipinski definition) is 5. The van der Waals surface area contributed by atoms with Crippen LogP contribution in [0.4, 0.5) is 0 Å². The Hall–Kier alpha value is -6.41. The molecule has 0 aliphatic carbocycles. The van der Waals surface area contributed by atoms with Crippen molar-refractivity contribution >= 4 is 86.7 Å². The Morgan fingerprint density at radius 2 is 1.36 bits per heavy atom. The SMILES string of the molecule is NC(=NC(=NCc1cccc(-c2cccc3c2sc2cc4nc(-c5ccccc5)sc4cc23)c1)c1ccccc1)c1cccc2oc3ccccc3c12. The number of furan rings is 1. The second kappa shape index (κ2) is 13.0. The highest BCUT2D eigenvalue weighted by Gasteiger charge is 2.16. The number of hydrogen-bond donors (Lipinski definition) is 1. The summed E-state index contributed by atoms with van der Waals surface area (Å²) in [7, 11) is 0. The zero-order chi connectivity index (χ0) is 35.3. The number of nitrogens with zero attached hydrogens (tertiary/aromatic N) is 3. The van der Waals surface area contributed by atoms with E-state index in [1.54, 1.807) is 11.3 Å². The molecule has 0 fully saturated rings. The molecule has 0 unspecified atom stereocenters. The van der Waals surface area contributed by atoms with Gasteiger partial charge < -0.3 is 10.2 Å². The molecule has 0 saturated carbocycles. The van der Waals surface area contributed by atoms with Gasteiger partial charge in [0.1, 0.15) is 22.0 Å². The number of thiophene rings is 1. The summed E-state index contributed by atoms with van der Waals surface area (Å²) >= 11 is 3.58. The average molecular weight is 719 g/mol. The number of aliphatic imine (C=N–C) groups is 2. The van der Waals surface area contributed by atoms with Crippen molar-refractivity contribution in [2.75, 3.05) is 0 Å². The minimum atomic E-state index is 0.390. The molecule has 2 N–H and O–H groups in total. The van der Waals surface area contributed by atoms with Crippen LogP contribution in [0.1, 0.15) is 16.7 Å². The highest BCUT2D eigenvalue weighted by atomic mass is 32.1. The van der Waals surface area contributed by atoms with Crippen LogP contribution in [-0.2, 0) is 6.54 Å². The average Bonchev–Trinajstić information content (AvgIpc) is 3.92. The van der Waals surface area contributed by atoms with Gasteiger partial charge in [-0.1, -0.05) is 127 Å². The van der Waals surface area contributed by atoms with E-state index in [-0.39, 0.29) is 0 Å². The zero-order valence-electron chi connectivity index (χ0n) is 28.4. The summed E-state index contributed by atoms with van der Waals surface area (Å²) in [5.41, 5.74) is 15.8. The normalized spacial score (nSPS) is 12.5. The Morgan fingerprint density at radius 3 is 2.25 bits per heavy atom. The Bertz CT molecular complexity index is 3050. The summed E-state index contributed by atoms with van der Waals surface area (Å²) in [5.74, 6) is 0.968. The van der Waals surface area contributed by atoms with E-state index in [9.17, 15) is 0 Å². The number of thiazole rings is 1. The number of amidine groups is 2. The minimum Gasteiger partial charge on any atom is -0.456 e. The molecule has 5 nitrogen and oxygen atoms in total. The van der Waals surface area contributed by atoms with Crippen molar-refractivity contribution < 1.29 is 4.42 Å². The first-order chi connectivity index (χ1) is 26.2. The molecular formula is C46H30N4OS2. The molecule has 0 atom stereocenters. The molecule has 0 aliphatic rings. The van der Waals surface area contributed by atoms with Gasteiger partial charge in [0, 0.05) is 47.6 Å². The molecule has 0 bridgehead atoms. The van der Waals surface area contributed by atoms with Crippen LogP contribution in [0, 0.1) is 0 Å². The van der Waals surface area contributed by atoms with Crippen LogP contribution in [0.15, 0.2) is 172 Å². The van der Waals surface area contributed by atoms with Gasteiger partial charge in [-0.05, 0) is 47.0 Å². The Morgan fingerprint density at radius 1 is 0.623 bits per heavy atom. The fraction of sp³-hybridized carbons (Fsp3) is 0.0217. The maximum atomic E-state index is 6.79. The summed E-state index contributed by atoms with van der Waals surface area (Å²) in [4.78, 5) is 15.0. The molecule has 0 radical (unpaired) electrons. The van der Waals surface area contributed by atoms with Crippen LogP contribution in [0.5, 0.6) is 0 Å². The van der Waals surface area contributed by atoms with Crippen molar-refractivity contribution in [3.05, 3.63) is 174 Å². The molecular weight excluding hydrogens is 689 g/mol. The summed E-state index contributed by atoms with van der Waals surface area (Å²) in [6, 6.07) is 54.2. The predicted octanol–water partition coefficient (Wildman–Crippen LogP) is 12.2. The van der Waals surface area contributed by atoms with Gasteiger partial charge in [-0.3, -0.25) is 4.99 Å². The van der Waals surface area contributed by atoms with E-state index >= 15 is 0 Å². The van der Waals surface area contributed by atoms with Crippen LogP contribution in [-0.4, -0.2) is 16.7 Å². The topological polar surface area (TPSA) is 76.8 Å². The van der Waals surface area contributed by atoms with E-state index in [1.165, 1.54) is 30.4 Å². The molecule has 3 heterocycles. The fourth-order valence-corrected chi connectivity index (χ4v) is 9.34. The molecule has 0 spiro atoms. The lowest BCUT2D eigenvalue weighted by molar-refractivity contribution is 0.669. The van der Waals surface area contributed by atoms with Gasteiger partial charge in [0.2, 0.25) is 0 Å². The van der Waals surface area contributed by atoms with Gasteiger partial charge in [-0.2, -0.15) is 0 Å². The first-order valence-corrected chi connectivity index (χ1v) is 19.0. The Balaban J connectivity index is 1.01. The van der Waals surface area contributed by atoms with Crippen LogP contribution in [0.2, 0.25) is 0 Å². The van der Waals surface area contributed by atoms with E-state index in [2.05, 4.69) is 84.9 Å². The first-order valence-electron chi connectivity index (χ1n) is 17.4. The van der Waals surface area contributed by atoms with Crippen molar-refractivity contribution in [2.24, 2.45) is 15.7 Å². The summed E-state index contributed by atoms with van der Waals surface area (Å²) in [5, 5.41) is 5.54. The van der Waals surface area contributed by atoms with E-state index < -0.39 is 0 Å². The fourth-order valence-electron chi connectivity index (χ4n) is 7.09. The summed E-state index contributed by atoms with van der Waals surface area (Å²) in [6.07, 6.45) is 0. The quantitative estimate of drug-likeness (QED) is 0.137. The zero-order valence-corrected chi connectivity index (χ0v) is 30.0. The van der Waals surface area contributed by atoms with Crippen LogP contribution < -0.4 is 5.73 Å². The number of para-hydroxylation sites is 1. The second-order valence-corrected chi connectivity index (χ2v) is 15.0.